The molecule has 4 aromatic carbocycles. The third-order valence-electron chi connectivity index (χ3n) is 7.84. The van der Waals surface area contributed by atoms with E-state index in [4.69, 9.17) is 10.2 Å². The van der Waals surface area contributed by atoms with Gasteiger partial charge in [0.1, 0.15) is 11.2 Å². The van der Waals surface area contributed by atoms with Gasteiger partial charge >= 0.3 is 0 Å². The predicted molar refractivity (Wildman–Crippen MR) is 177 cm³/mol. The molecule has 7 rings (SSSR count). The fraction of sp³-hybridized carbons (Fsp3) is 0.0811. The monoisotopic (exact) mass is 533 g/mol. The smallest absolute Gasteiger partial charge is 0.146 e. The summed E-state index contributed by atoms with van der Waals surface area (Å²) in [7, 11) is 0. The van der Waals surface area contributed by atoms with Crippen LogP contribution in [0.5, 0.6) is 0 Å². The van der Waals surface area contributed by atoms with Crippen LogP contribution >= 0.6 is 0 Å². The van der Waals surface area contributed by atoms with E-state index in [1.54, 1.807) is 0 Å². The van der Waals surface area contributed by atoms with Crippen molar-refractivity contribution in [1.29, 1.82) is 0 Å². The molecule has 4 heteroatoms. The maximum Gasteiger partial charge on any atom is 0.146 e. The van der Waals surface area contributed by atoms with E-state index in [0.29, 0.717) is 5.69 Å². The molecule has 2 N–H and O–H groups in total. The number of nitrogens with zero attached hydrogens (tertiary/aromatic N) is 2. The van der Waals surface area contributed by atoms with Crippen LogP contribution in [0.2, 0.25) is 0 Å². The zero-order chi connectivity index (χ0) is 28.1. The number of furan rings is 1. The summed E-state index contributed by atoms with van der Waals surface area (Å²) >= 11 is 0. The minimum absolute atomic E-state index is 0.710. The first-order chi connectivity index (χ1) is 20.2. The van der Waals surface area contributed by atoms with E-state index in [9.17, 15) is 0 Å². The molecule has 4 nitrogen and oxygen atoms in total. The van der Waals surface area contributed by atoms with E-state index in [-0.39, 0.29) is 0 Å². The normalized spacial score (nSPS) is 13.2. The van der Waals surface area contributed by atoms with Crippen molar-refractivity contribution in [2.45, 2.75) is 20.8 Å². The molecule has 0 amide bonds. The fourth-order valence-electron chi connectivity index (χ4n) is 6.19. The summed E-state index contributed by atoms with van der Waals surface area (Å²) in [6, 6.07) is 27.8. The van der Waals surface area contributed by atoms with Crippen LogP contribution in [0, 0.1) is 0 Å². The Kier molecular flexibility index (Phi) is 5.90. The summed E-state index contributed by atoms with van der Waals surface area (Å²) in [5, 5.41) is 5.36. The third-order valence-corrected chi connectivity index (χ3v) is 7.84. The van der Waals surface area contributed by atoms with Crippen molar-refractivity contribution in [2.75, 3.05) is 5.73 Å². The van der Waals surface area contributed by atoms with Crippen LogP contribution in [0.4, 0.5) is 5.69 Å². The van der Waals surface area contributed by atoms with Gasteiger partial charge in [-0.3, -0.25) is 0 Å². The summed E-state index contributed by atoms with van der Waals surface area (Å²) in [6.07, 6.45) is 14.5. The number of hydrogen-bond acceptors (Lipinski definition) is 2. The summed E-state index contributed by atoms with van der Waals surface area (Å²) in [6.45, 7) is 6.07. The van der Waals surface area contributed by atoms with E-state index >= 15 is 0 Å². The molecular weight excluding hydrogens is 502 g/mol. The minimum Gasteiger partial charge on any atom is -0.455 e. The van der Waals surface area contributed by atoms with Gasteiger partial charge in [-0.25, -0.2) is 0 Å². The van der Waals surface area contributed by atoms with Crippen molar-refractivity contribution in [2.24, 2.45) is 0 Å². The lowest BCUT2D eigenvalue weighted by atomic mass is 10.1. The number of fused-ring (bicyclic) bond motifs is 9. The number of aromatic nitrogens is 2. The van der Waals surface area contributed by atoms with Crippen LogP contribution in [-0.4, -0.2) is 9.13 Å². The molecule has 0 saturated heterocycles. The Morgan fingerprint density at radius 1 is 0.683 bits per heavy atom. The van der Waals surface area contributed by atoms with Crippen molar-refractivity contribution < 1.29 is 4.42 Å². The topological polar surface area (TPSA) is 49.0 Å². The maximum absolute atomic E-state index is 6.95. The van der Waals surface area contributed by atoms with Gasteiger partial charge in [0.25, 0.3) is 0 Å². The first-order valence-corrected chi connectivity index (χ1v) is 14.0. The van der Waals surface area contributed by atoms with Gasteiger partial charge in [0.15, 0.2) is 0 Å². The molecule has 0 aliphatic heterocycles. The molecule has 0 spiro atoms. The molecule has 200 valence electrons. The van der Waals surface area contributed by atoms with Crippen LogP contribution in [0.25, 0.3) is 72.1 Å². The van der Waals surface area contributed by atoms with Crippen molar-refractivity contribution in [1.82, 2.24) is 9.13 Å². The second-order valence-corrected chi connectivity index (χ2v) is 10.2. The van der Waals surface area contributed by atoms with E-state index in [1.165, 1.54) is 0 Å². The highest BCUT2D eigenvalue weighted by molar-refractivity contribution is 6.27. The molecule has 7 aromatic rings. The molecule has 3 heterocycles. The van der Waals surface area contributed by atoms with E-state index in [1.807, 2.05) is 39.0 Å². The minimum atomic E-state index is 0.710. The number of rotatable bonds is 5. The zero-order valence-corrected chi connectivity index (χ0v) is 23.4. The Bertz CT molecular complexity index is 2230. The van der Waals surface area contributed by atoms with Gasteiger partial charge in [0.05, 0.1) is 38.7 Å². The quantitative estimate of drug-likeness (QED) is 0.224. The highest BCUT2D eigenvalue weighted by atomic mass is 16.3. The third kappa shape index (κ3) is 3.61. The van der Waals surface area contributed by atoms with Gasteiger partial charge in [-0.2, -0.15) is 0 Å². The standard InChI is InChI=1S/C37H31N3O/c1-4-7-15-24(13-5-2)40-31-23-21-27-26-20-22-30-33(36(26)41-37(27)34(31)35(38)32(40)14-6-3)28-18-11-12-19-29(28)39(30)25-16-9-8-10-17-25/h4-23H,38H2,1-3H3/b7-4-,13-5-,14-6-,24-15+. The van der Waals surface area contributed by atoms with Gasteiger partial charge in [-0.15, -0.1) is 0 Å². The van der Waals surface area contributed by atoms with E-state index < -0.39 is 0 Å². The lowest BCUT2D eigenvalue weighted by molar-refractivity contribution is 0.677. The van der Waals surface area contributed by atoms with Crippen LogP contribution < -0.4 is 5.73 Å². The van der Waals surface area contributed by atoms with Gasteiger partial charge in [-0.05, 0) is 81.5 Å². The van der Waals surface area contributed by atoms with Gasteiger partial charge in [-0.1, -0.05) is 60.7 Å². The lowest BCUT2D eigenvalue weighted by Gasteiger charge is -2.10. The highest BCUT2D eigenvalue weighted by Gasteiger charge is 2.23. The Balaban J connectivity index is 1.63. The van der Waals surface area contributed by atoms with Crippen LogP contribution in [0.1, 0.15) is 26.5 Å². The van der Waals surface area contributed by atoms with Crippen molar-refractivity contribution in [3.05, 3.63) is 121 Å². The number of benzene rings is 4. The number of hydrogen-bond donors (Lipinski definition) is 1. The predicted octanol–water partition coefficient (Wildman–Crippen LogP) is 10.2. The summed E-state index contributed by atoms with van der Waals surface area (Å²) in [4.78, 5) is 0. The molecule has 3 aromatic heterocycles. The lowest BCUT2D eigenvalue weighted by Crippen LogP contribution is -1.98. The second-order valence-electron chi connectivity index (χ2n) is 10.2. The summed E-state index contributed by atoms with van der Waals surface area (Å²) in [5.74, 6) is 0. The van der Waals surface area contributed by atoms with Crippen LogP contribution in [0.3, 0.4) is 0 Å². The average molecular weight is 534 g/mol. The Labute approximate surface area is 238 Å². The molecule has 41 heavy (non-hydrogen) atoms. The number of anilines is 1. The van der Waals surface area contributed by atoms with Crippen molar-refractivity contribution in [3.8, 4) is 5.69 Å². The van der Waals surface area contributed by atoms with Crippen LogP contribution in [-0.2, 0) is 0 Å². The molecule has 0 fully saturated rings. The molecule has 0 saturated carbocycles. The van der Waals surface area contributed by atoms with Crippen LogP contribution in [0.15, 0.2) is 120 Å². The Hall–Kier alpha value is -5.22. The number of allylic oxidation sites excluding steroid dienone is 7. The molecule has 0 atom stereocenters. The first-order valence-electron chi connectivity index (χ1n) is 14.0. The summed E-state index contributed by atoms with van der Waals surface area (Å²) in [5.41, 5.74) is 15.7. The van der Waals surface area contributed by atoms with E-state index in [2.05, 4.69) is 112 Å². The zero-order valence-electron chi connectivity index (χ0n) is 23.4. The molecule has 0 bridgehead atoms. The first kappa shape index (κ1) is 24.8. The molecular formula is C37H31N3O. The molecule has 0 aliphatic carbocycles. The Morgan fingerprint density at radius 3 is 2.12 bits per heavy atom. The Morgan fingerprint density at radius 2 is 1.39 bits per heavy atom. The van der Waals surface area contributed by atoms with Gasteiger partial charge in [0.2, 0.25) is 0 Å². The second kappa shape index (κ2) is 9.76. The van der Waals surface area contributed by atoms with Crippen molar-refractivity contribution >= 4 is 72.1 Å². The number of nitrogens with two attached hydrogens (primary N) is 1. The highest BCUT2D eigenvalue weighted by Crippen LogP contribution is 2.45. The van der Waals surface area contributed by atoms with E-state index in [0.717, 1.165) is 71.7 Å². The molecule has 0 unspecified atom stereocenters. The largest absolute Gasteiger partial charge is 0.455 e. The van der Waals surface area contributed by atoms with Crippen molar-refractivity contribution in [3.63, 3.8) is 0 Å². The average Bonchev–Trinajstić information content (AvgIpc) is 3.63. The molecule has 0 radical (unpaired) electrons. The number of nitrogen functional groups attached to an aromatic ring is 1. The summed E-state index contributed by atoms with van der Waals surface area (Å²) < 4.78 is 11.4. The number of para-hydroxylation sites is 2. The van der Waals surface area contributed by atoms with Gasteiger partial charge < -0.3 is 19.3 Å². The van der Waals surface area contributed by atoms with Gasteiger partial charge in [0, 0.05) is 27.5 Å². The fourth-order valence-corrected chi connectivity index (χ4v) is 6.19. The SMILES string of the molecule is C\C=C/C=C(\C=C/C)n1c(/C=C\C)c(N)c2c3oc4c(ccc5c4c4ccccc4n5-c4ccccc4)c3ccc21. The molecule has 0 aliphatic rings. The maximum atomic E-state index is 6.95.